The van der Waals surface area contributed by atoms with E-state index in [1.165, 1.54) is 0 Å². The van der Waals surface area contributed by atoms with Gasteiger partial charge in [0.25, 0.3) is 0 Å². The van der Waals surface area contributed by atoms with Crippen molar-refractivity contribution >= 4 is 34.6 Å². The van der Waals surface area contributed by atoms with E-state index in [2.05, 4.69) is 5.32 Å². The molecule has 3 aromatic rings. The highest BCUT2D eigenvalue weighted by Crippen LogP contribution is 2.32. The molecule has 6 heteroatoms. The number of anilines is 4. The van der Waals surface area contributed by atoms with E-state index in [-0.39, 0.29) is 24.7 Å². The maximum atomic E-state index is 12.8. The maximum absolute atomic E-state index is 12.8. The largest absolute Gasteiger partial charge is 0.490 e. The van der Waals surface area contributed by atoms with Crippen molar-refractivity contribution in [1.82, 2.24) is 0 Å². The molecule has 0 bridgehead atoms. The lowest BCUT2D eigenvalue weighted by atomic mass is 10.2. The lowest BCUT2D eigenvalue weighted by molar-refractivity contribution is -0.122. The molecule has 0 aliphatic carbocycles. The molecule has 1 heterocycles. The molecular formula is C25H25N3O3. The van der Waals surface area contributed by atoms with Crippen molar-refractivity contribution in [2.45, 2.75) is 12.8 Å². The number of carbonyl (C=O) groups excluding carboxylic acids is 2. The summed E-state index contributed by atoms with van der Waals surface area (Å²) >= 11 is 0. The first-order chi connectivity index (χ1) is 15.1. The lowest BCUT2D eigenvalue weighted by Crippen LogP contribution is -2.38. The Bertz CT molecular complexity index is 1070. The minimum absolute atomic E-state index is 0.0828. The molecule has 0 fully saturated rings. The zero-order valence-electron chi connectivity index (χ0n) is 17.5. The van der Waals surface area contributed by atoms with Gasteiger partial charge in [-0.15, -0.1) is 0 Å². The number of hydrogen-bond donors (Lipinski definition) is 1. The molecule has 1 N–H and O–H groups in total. The van der Waals surface area contributed by atoms with Gasteiger partial charge in [0.05, 0.1) is 23.6 Å². The number of amides is 2. The summed E-state index contributed by atoms with van der Waals surface area (Å²) in [7, 11) is 1.96. The van der Waals surface area contributed by atoms with Crippen LogP contribution in [-0.2, 0) is 9.59 Å². The van der Waals surface area contributed by atoms with Crippen LogP contribution in [0.2, 0.25) is 0 Å². The average molecular weight is 415 g/mol. The molecule has 0 spiro atoms. The van der Waals surface area contributed by atoms with Gasteiger partial charge in [-0.1, -0.05) is 42.5 Å². The van der Waals surface area contributed by atoms with Crippen LogP contribution in [0.4, 0.5) is 22.7 Å². The van der Waals surface area contributed by atoms with Crippen molar-refractivity contribution in [2.24, 2.45) is 0 Å². The van der Waals surface area contributed by atoms with E-state index in [4.69, 9.17) is 4.74 Å². The van der Waals surface area contributed by atoms with E-state index < -0.39 is 0 Å². The summed E-state index contributed by atoms with van der Waals surface area (Å²) in [6.45, 7) is 0.941. The quantitative estimate of drug-likeness (QED) is 0.639. The highest BCUT2D eigenvalue weighted by atomic mass is 16.5. The summed E-state index contributed by atoms with van der Waals surface area (Å²) in [6.07, 6.45) is 0.249. The number of nitrogens with zero attached hydrogens (tertiary/aromatic N) is 2. The summed E-state index contributed by atoms with van der Waals surface area (Å²) in [6, 6.07) is 25.0. The fourth-order valence-electron chi connectivity index (χ4n) is 3.66. The normalized spacial score (nSPS) is 12.5. The van der Waals surface area contributed by atoms with Crippen LogP contribution < -0.4 is 19.9 Å². The molecule has 0 unspecified atom stereocenters. The first-order valence-electron chi connectivity index (χ1n) is 10.3. The highest BCUT2D eigenvalue weighted by molar-refractivity contribution is 6.00. The van der Waals surface area contributed by atoms with Gasteiger partial charge in [-0.25, -0.2) is 0 Å². The van der Waals surface area contributed by atoms with E-state index in [9.17, 15) is 9.59 Å². The molecule has 0 saturated carbocycles. The Morgan fingerprint density at radius 1 is 0.935 bits per heavy atom. The van der Waals surface area contributed by atoms with Crippen LogP contribution in [0.15, 0.2) is 78.9 Å². The van der Waals surface area contributed by atoms with Crippen LogP contribution in [0.1, 0.15) is 12.8 Å². The minimum atomic E-state index is -0.191. The van der Waals surface area contributed by atoms with Gasteiger partial charge in [-0.05, 0) is 36.4 Å². The topological polar surface area (TPSA) is 61.9 Å². The zero-order chi connectivity index (χ0) is 21.6. The number of ether oxygens (including phenoxy) is 1. The average Bonchev–Trinajstić information content (AvgIpc) is 2.82. The first-order valence-corrected chi connectivity index (χ1v) is 10.3. The Kier molecular flexibility index (Phi) is 6.17. The summed E-state index contributed by atoms with van der Waals surface area (Å²) in [5, 5.41) is 2.96. The molecule has 0 aromatic heterocycles. The Morgan fingerprint density at radius 2 is 1.65 bits per heavy atom. The van der Waals surface area contributed by atoms with Crippen molar-refractivity contribution in [1.29, 1.82) is 0 Å². The molecule has 0 radical (unpaired) electrons. The van der Waals surface area contributed by atoms with Gasteiger partial charge in [0.2, 0.25) is 11.8 Å². The predicted octanol–water partition coefficient (Wildman–Crippen LogP) is 4.60. The third-order valence-electron chi connectivity index (χ3n) is 5.28. The van der Waals surface area contributed by atoms with E-state index in [1.54, 1.807) is 4.90 Å². The number of hydrogen-bond acceptors (Lipinski definition) is 4. The van der Waals surface area contributed by atoms with Gasteiger partial charge < -0.3 is 19.9 Å². The smallest absolute Gasteiger partial charge is 0.227 e. The molecular weight excluding hydrogens is 390 g/mol. The second kappa shape index (κ2) is 9.34. The van der Waals surface area contributed by atoms with Crippen molar-refractivity contribution in [3.63, 3.8) is 0 Å². The van der Waals surface area contributed by atoms with Gasteiger partial charge in [-0.2, -0.15) is 0 Å². The number of fused-ring (bicyclic) bond motifs is 1. The standard InChI is InChI=1S/C25H25N3O3/c1-27(19-9-3-2-4-10-19)21-12-6-5-11-20(21)26-24(29)15-16-25(30)28-17-18-31-23-14-8-7-13-22(23)28/h2-14H,15-18H2,1H3,(H,26,29). The van der Waals surface area contributed by atoms with Gasteiger partial charge >= 0.3 is 0 Å². The molecule has 0 saturated heterocycles. The van der Waals surface area contributed by atoms with E-state index in [0.29, 0.717) is 24.6 Å². The molecule has 158 valence electrons. The van der Waals surface area contributed by atoms with E-state index in [1.807, 2.05) is 90.8 Å². The van der Waals surface area contributed by atoms with Crippen LogP contribution in [0, 0.1) is 0 Å². The van der Waals surface area contributed by atoms with Crippen LogP contribution in [0.25, 0.3) is 0 Å². The first kappa shape index (κ1) is 20.5. The van der Waals surface area contributed by atoms with Crippen LogP contribution in [0.3, 0.4) is 0 Å². The van der Waals surface area contributed by atoms with Crippen molar-refractivity contribution < 1.29 is 14.3 Å². The summed E-state index contributed by atoms with van der Waals surface area (Å²) in [5.41, 5.74) is 3.37. The van der Waals surface area contributed by atoms with Crippen molar-refractivity contribution in [3.05, 3.63) is 78.9 Å². The summed E-state index contributed by atoms with van der Waals surface area (Å²) < 4.78 is 5.60. The van der Waals surface area contributed by atoms with Gasteiger partial charge in [0, 0.05) is 25.6 Å². The second-order valence-corrected chi connectivity index (χ2v) is 7.32. The fraction of sp³-hybridized carbons (Fsp3) is 0.200. The Labute approximate surface area is 182 Å². The van der Waals surface area contributed by atoms with Gasteiger partial charge in [-0.3, -0.25) is 9.59 Å². The van der Waals surface area contributed by atoms with Crippen molar-refractivity contribution in [3.8, 4) is 5.75 Å². The van der Waals surface area contributed by atoms with E-state index >= 15 is 0 Å². The molecule has 4 rings (SSSR count). The number of benzene rings is 3. The third kappa shape index (κ3) is 4.69. The highest BCUT2D eigenvalue weighted by Gasteiger charge is 2.23. The number of para-hydroxylation sites is 5. The molecule has 3 aromatic carbocycles. The molecule has 31 heavy (non-hydrogen) atoms. The molecule has 0 atom stereocenters. The monoisotopic (exact) mass is 415 g/mol. The van der Waals surface area contributed by atoms with Crippen LogP contribution in [0.5, 0.6) is 5.75 Å². The fourth-order valence-corrected chi connectivity index (χ4v) is 3.66. The van der Waals surface area contributed by atoms with Crippen LogP contribution in [-0.4, -0.2) is 32.0 Å². The molecule has 6 nitrogen and oxygen atoms in total. The number of carbonyl (C=O) groups is 2. The Hall–Kier alpha value is -3.80. The predicted molar refractivity (Wildman–Crippen MR) is 123 cm³/mol. The van der Waals surface area contributed by atoms with Gasteiger partial charge in [0.1, 0.15) is 12.4 Å². The molecule has 2 amide bonds. The Morgan fingerprint density at radius 3 is 2.48 bits per heavy atom. The van der Waals surface area contributed by atoms with Gasteiger partial charge in [0.15, 0.2) is 0 Å². The van der Waals surface area contributed by atoms with E-state index in [0.717, 1.165) is 17.1 Å². The minimum Gasteiger partial charge on any atom is -0.490 e. The number of nitrogens with one attached hydrogen (secondary N) is 1. The molecule has 1 aliphatic rings. The second-order valence-electron chi connectivity index (χ2n) is 7.32. The summed E-state index contributed by atoms with van der Waals surface area (Å²) in [4.78, 5) is 29.1. The maximum Gasteiger partial charge on any atom is 0.227 e. The zero-order valence-corrected chi connectivity index (χ0v) is 17.5. The SMILES string of the molecule is CN(c1ccccc1)c1ccccc1NC(=O)CCC(=O)N1CCOc2ccccc21. The Balaban J connectivity index is 1.40. The summed E-state index contributed by atoms with van der Waals surface area (Å²) in [5.74, 6) is 0.425. The third-order valence-corrected chi connectivity index (χ3v) is 5.28. The van der Waals surface area contributed by atoms with Crippen molar-refractivity contribution in [2.75, 3.05) is 35.3 Å². The number of rotatable bonds is 6. The van der Waals surface area contributed by atoms with Crippen LogP contribution >= 0.6 is 0 Å². The lowest BCUT2D eigenvalue weighted by Gasteiger charge is -2.29. The molecule has 1 aliphatic heterocycles.